The van der Waals surface area contributed by atoms with E-state index in [9.17, 15) is 4.79 Å². The van der Waals surface area contributed by atoms with Gasteiger partial charge in [-0.2, -0.15) is 0 Å². The van der Waals surface area contributed by atoms with Gasteiger partial charge in [-0.15, -0.1) is 11.8 Å². The summed E-state index contributed by atoms with van der Waals surface area (Å²) in [6.07, 6.45) is 0. The molecule has 1 atom stereocenters. The van der Waals surface area contributed by atoms with Crippen LogP contribution in [-0.2, 0) is 11.3 Å². The number of carbonyl (C=O) groups excluding carboxylic acids is 1. The molecule has 2 N–H and O–H groups in total. The molecule has 0 aromatic heterocycles. The predicted octanol–water partition coefficient (Wildman–Crippen LogP) is 3.30. The first-order valence-electron chi connectivity index (χ1n) is 6.57. The molecule has 1 unspecified atom stereocenters. The number of anilines is 2. The average Bonchev–Trinajstić information content (AvgIpc) is 2.46. The molecule has 4 heteroatoms. The summed E-state index contributed by atoms with van der Waals surface area (Å²) in [5, 5.41) is -0.0603. The lowest BCUT2D eigenvalue weighted by atomic mass is 10.1. The molecule has 1 amide bonds. The summed E-state index contributed by atoms with van der Waals surface area (Å²) in [4.78, 5) is 15.5. The van der Waals surface area contributed by atoms with Crippen LogP contribution < -0.4 is 10.6 Å². The maximum atomic E-state index is 12.5. The van der Waals surface area contributed by atoms with Crippen molar-refractivity contribution >= 4 is 29.0 Å². The molecule has 1 aliphatic rings. The number of nitrogens with zero attached hydrogens (tertiary/aromatic N) is 1. The fourth-order valence-electron chi connectivity index (χ4n) is 2.37. The van der Waals surface area contributed by atoms with Gasteiger partial charge in [-0.1, -0.05) is 30.3 Å². The topological polar surface area (TPSA) is 46.3 Å². The number of amides is 1. The first kappa shape index (κ1) is 13.1. The van der Waals surface area contributed by atoms with Crippen LogP contribution in [0.5, 0.6) is 0 Å². The Bertz CT molecular complexity index is 656. The van der Waals surface area contributed by atoms with Crippen molar-refractivity contribution in [1.29, 1.82) is 0 Å². The Labute approximate surface area is 122 Å². The molecule has 0 aliphatic carbocycles. The highest BCUT2D eigenvalue weighted by molar-refractivity contribution is 8.00. The van der Waals surface area contributed by atoms with E-state index >= 15 is 0 Å². The second-order valence-electron chi connectivity index (χ2n) is 4.85. The monoisotopic (exact) mass is 284 g/mol. The molecule has 0 bridgehead atoms. The van der Waals surface area contributed by atoms with Crippen molar-refractivity contribution in [1.82, 2.24) is 0 Å². The Morgan fingerprint density at radius 2 is 1.85 bits per heavy atom. The molecule has 2 aromatic rings. The Morgan fingerprint density at radius 3 is 2.65 bits per heavy atom. The van der Waals surface area contributed by atoms with E-state index in [1.807, 2.05) is 54.3 Å². The SMILES string of the molecule is CC1Sc2ccccc2N(Cc2ccccc2N)C1=O. The number of nitrogens with two attached hydrogens (primary N) is 1. The number of para-hydroxylation sites is 2. The highest BCUT2D eigenvalue weighted by Gasteiger charge is 2.30. The second-order valence-corrected chi connectivity index (χ2v) is 6.23. The molecule has 2 aromatic carbocycles. The van der Waals surface area contributed by atoms with E-state index in [2.05, 4.69) is 6.07 Å². The van der Waals surface area contributed by atoms with Crippen LogP contribution in [0, 0.1) is 0 Å². The van der Waals surface area contributed by atoms with Crippen LogP contribution in [0.25, 0.3) is 0 Å². The fourth-order valence-corrected chi connectivity index (χ4v) is 3.44. The van der Waals surface area contributed by atoms with Crippen molar-refractivity contribution in [3.63, 3.8) is 0 Å². The summed E-state index contributed by atoms with van der Waals surface area (Å²) >= 11 is 1.62. The van der Waals surface area contributed by atoms with Gasteiger partial charge in [-0.25, -0.2) is 0 Å². The van der Waals surface area contributed by atoms with Gasteiger partial charge >= 0.3 is 0 Å². The lowest BCUT2D eigenvalue weighted by molar-refractivity contribution is -0.118. The molecule has 20 heavy (non-hydrogen) atoms. The number of benzene rings is 2. The predicted molar refractivity (Wildman–Crippen MR) is 83.8 cm³/mol. The van der Waals surface area contributed by atoms with E-state index in [1.165, 1.54) is 0 Å². The molecule has 102 valence electrons. The van der Waals surface area contributed by atoms with E-state index in [0.29, 0.717) is 6.54 Å². The average molecular weight is 284 g/mol. The van der Waals surface area contributed by atoms with Gasteiger partial charge in [-0.05, 0) is 30.7 Å². The van der Waals surface area contributed by atoms with Crippen molar-refractivity contribution in [3.05, 3.63) is 54.1 Å². The molecule has 0 spiro atoms. The van der Waals surface area contributed by atoms with E-state index in [0.717, 1.165) is 21.8 Å². The van der Waals surface area contributed by atoms with Crippen molar-refractivity contribution in [2.45, 2.75) is 23.6 Å². The summed E-state index contributed by atoms with van der Waals surface area (Å²) in [7, 11) is 0. The number of thioether (sulfide) groups is 1. The van der Waals surface area contributed by atoms with Crippen LogP contribution in [0.1, 0.15) is 12.5 Å². The third kappa shape index (κ3) is 2.27. The first-order chi connectivity index (χ1) is 9.66. The van der Waals surface area contributed by atoms with Gasteiger partial charge in [0.25, 0.3) is 0 Å². The molecule has 3 rings (SSSR count). The normalized spacial score (nSPS) is 17.9. The van der Waals surface area contributed by atoms with Gasteiger partial charge in [-0.3, -0.25) is 4.79 Å². The summed E-state index contributed by atoms with van der Waals surface area (Å²) < 4.78 is 0. The van der Waals surface area contributed by atoms with Crippen LogP contribution in [-0.4, -0.2) is 11.2 Å². The minimum atomic E-state index is -0.0603. The molecule has 0 radical (unpaired) electrons. The largest absolute Gasteiger partial charge is 0.398 e. The minimum Gasteiger partial charge on any atom is -0.398 e. The summed E-state index contributed by atoms with van der Waals surface area (Å²) in [5.74, 6) is 0.136. The first-order valence-corrected chi connectivity index (χ1v) is 7.45. The van der Waals surface area contributed by atoms with Crippen LogP contribution in [0.4, 0.5) is 11.4 Å². The van der Waals surface area contributed by atoms with Gasteiger partial charge in [0.1, 0.15) is 0 Å². The summed E-state index contributed by atoms with van der Waals surface area (Å²) in [6.45, 7) is 2.47. The molecule has 0 saturated heterocycles. The number of rotatable bonds is 2. The molecule has 0 fully saturated rings. The third-order valence-corrected chi connectivity index (χ3v) is 4.61. The molecular weight excluding hydrogens is 268 g/mol. The Morgan fingerprint density at radius 1 is 1.15 bits per heavy atom. The number of fused-ring (bicyclic) bond motifs is 1. The maximum Gasteiger partial charge on any atom is 0.240 e. The zero-order valence-electron chi connectivity index (χ0n) is 11.2. The number of hydrogen-bond acceptors (Lipinski definition) is 3. The maximum absolute atomic E-state index is 12.5. The molecule has 0 saturated carbocycles. The standard InChI is InChI=1S/C16H16N2OS/c1-11-16(19)18(10-12-6-2-3-7-13(12)17)14-8-4-5-9-15(14)20-11/h2-9,11H,10,17H2,1H3. The highest BCUT2D eigenvalue weighted by atomic mass is 32.2. The zero-order valence-corrected chi connectivity index (χ0v) is 12.1. The van der Waals surface area contributed by atoms with Crippen molar-refractivity contribution < 1.29 is 4.79 Å². The van der Waals surface area contributed by atoms with Gasteiger partial charge in [0.2, 0.25) is 5.91 Å². The third-order valence-electron chi connectivity index (χ3n) is 3.46. The van der Waals surface area contributed by atoms with Gasteiger partial charge in [0.05, 0.1) is 17.5 Å². The molecular formula is C16H16N2OS. The fraction of sp³-hybridized carbons (Fsp3) is 0.188. The van der Waals surface area contributed by atoms with E-state index in [4.69, 9.17) is 5.73 Å². The van der Waals surface area contributed by atoms with E-state index in [1.54, 1.807) is 11.8 Å². The van der Waals surface area contributed by atoms with Crippen LogP contribution in [0.3, 0.4) is 0 Å². The van der Waals surface area contributed by atoms with Crippen molar-refractivity contribution in [2.24, 2.45) is 0 Å². The number of hydrogen-bond donors (Lipinski definition) is 1. The molecule has 1 heterocycles. The second kappa shape index (κ2) is 5.21. The highest BCUT2D eigenvalue weighted by Crippen LogP contribution is 2.39. The van der Waals surface area contributed by atoms with E-state index in [-0.39, 0.29) is 11.2 Å². The number of carbonyl (C=O) groups is 1. The van der Waals surface area contributed by atoms with Gasteiger partial charge < -0.3 is 10.6 Å². The van der Waals surface area contributed by atoms with Gasteiger partial charge in [0.15, 0.2) is 0 Å². The zero-order chi connectivity index (χ0) is 14.1. The number of nitrogen functional groups attached to an aromatic ring is 1. The van der Waals surface area contributed by atoms with Crippen LogP contribution in [0.15, 0.2) is 53.4 Å². The van der Waals surface area contributed by atoms with Crippen LogP contribution in [0.2, 0.25) is 0 Å². The molecule has 3 nitrogen and oxygen atoms in total. The Hall–Kier alpha value is -1.94. The Balaban J connectivity index is 2.00. The smallest absolute Gasteiger partial charge is 0.240 e. The van der Waals surface area contributed by atoms with Crippen molar-refractivity contribution in [2.75, 3.05) is 10.6 Å². The summed E-state index contributed by atoms with van der Waals surface area (Å²) in [5.41, 5.74) is 8.68. The van der Waals surface area contributed by atoms with Crippen LogP contribution >= 0.6 is 11.8 Å². The minimum absolute atomic E-state index is 0.0603. The lowest BCUT2D eigenvalue weighted by Gasteiger charge is -2.32. The van der Waals surface area contributed by atoms with Crippen molar-refractivity contribution in [3.8, 4) is 0 Å². The lowest BCUT2D eigenvalue weighted by Crippen LogP contribution is -2.39. The quantitative estimate of drug-likeness (QED) is 0.861. The van der Waals surface area contributed by atoms with Gasteiger partial charge in [0, 0.05) is 10.6 Å². The Kier molecular flexibility index (Phi) is 3.40. The van der Waals surface area contributed by atoms with E-state index < -0.39 is 0 Å². The molecule has 1 aliphatic heterocycles. The summed E-state index contributed by atoms with van der Waals surface area (Å²) in [6, 6.07) is 15.7.